The van der Waals surface area contributed by atoms with Crippen LogP contribution < -0.4 is 10.9 Å². The van der Waals surface area contributed by atoms with E-state index in [9.17, 15) is 14.4 Å². The molecule has 0 bridgehead atoms. The van der Waals surface area contributed by atoms with Crippen LogP contribution in [0, 0.1) is 0 Å². The highest BCUT2D eigenvalue weighted by Crippen LogP contribution is 2.27. The van der Waals surface area contributed by atoms with Crippen molar-refractivity contribution in [3.05, 3.63) is 94.9 Å². The number of anilines is 1. The predicted molar refractivity (Wildman–Crippen MR) is 131 cm³/mol. The molecule has 1 amide bonds. The highest BCUT2D eigenvalue weighted by atomic mass is 16.5. The molecule has 2 aromatic carbocycles. The summed E-state index contributed by atoms with van der Waals surface area (Å²) in [4.78, 5) is 46.0. The maximum absolute atomic E-state index is 13.1. The summed E-state index contributed by atoms with van der Waals surface area (Å²) in [6.45, 7) is -0.221. The first kappa shape index (κ1) is 22.7. The first-order valence-electron chi connectivity index (χ1n) is 10.9. The van der Waals surface area contributed by atoms with E-state index in [1.165, 1.54) is 17.7 Å². The summed E-state index contributed by atoms with van der Waals surface area (Å²) in [5.41, 5.74) is 1.98. The second kappa shape index (κ2) is 9.63. The summed E-state index contributed by atoms with van der Waals surface area (Å²) in [6, 6.07) is 20.1. The Hall–Kier alpha value is -5.12. The van der Waals surface area contributed by atoms with Crippen LogP contribution in [0.3, 0.4) is 0 Å². The summed E-state index contributed by atoms with van der Waals surface area (Å²) in [5.74, 6) is -0.404. The molecule has 0 saturated heterocycles. The Bertz CT molecular complexity index is 1620. The van der Waals surface area contributed by atoms with Gasteiger partial charge in [0, 0.05) is 23.3 Å². The van der Waals surface area contributed by atoms with Gasteiger partial charge in [-0.15, -0.1) is 0 Å². The summed E-state index contributed by atoms with van der Waals surface area (Å²) in [7, 11) is 1.29. The predicted octanol–water partition coefficient (Wildman–Crippen LogP) is 3.54. The van der Waals surface area contributed by atoms with Crippen molar-refractivity contribution >= 4 is 28.5 Å². The molecule has 0 aliphatic carbocycles. The first-order chi connectivity index (χ1) is 17.5. The fraction of sp³-hybridized carbons (Fsp3) is 0.0769. The van der Waals surface area contributed by atoms with Crippen LogP contribution in [-0.4, -0.2) is 38.7 Å². The summed E-state index contributed by atoms with van der Waals surface area (Å²) in [6.07, 6.45) is 1.63. The highest BCUT2D eigenvalue weighted by molar-refractivity contribution is 5.96. The number of esters is 1. The van der Waals surface area contributed by atoms with E-state index in [1.54, 1.807) is 54.7 Å². The second-order valence-corrected chi connectivity index (χ2v) is 7.75. The number of nitrogens with one attached hydrogen (secondary N) is 1. The molecule has 0 fully saturated rings. The monoisotopic (exact) mass is 481 g/mol. The van der Waals surface area contributed by atoms with Crippen LogP contribution >= 0.6 is 0 Å². The zero-order valence-corrected chi connectivity index (χ0v) is 19.0. The summed E-state index contributed by atoms with van der Waals surface area (Å²) in [5, 5.41) is 7.39. The van der Waals surface area contributed by atoms with Crippen molar-refractivity contribution in [1.82, 2.24) is 19.7 Å². The van der Waals surface area contributed by atoms with Crippen molar-refractivity contribution in [3.63, 3.8) is 0 Å². The van der Waals surface area contributed by atoms with E-state index >= 15 is 0 Å². The number of amides is 1. The number of nitrogens with zero attached hydrogens (tertiary/aromatic N) is 4. The lowest BCUT2D eigenvalue weighted by Crippen LogP contribution is -2.27. The van der Waals surface area contributed by atoms with Gasteiger partial charge in [0.05, 0.1) is 23.8 Å². The lowest BCUT2D eigenvalue weighted by atomic mass is 10.1. The quantitative estimate of drug-likeness (QED) is 0.365. The molecule has 3 heterocycles. The maximum Gasteiger partial charge on any atom is 0.337 e. The SMILES string of the molecule is COC(=O)c1ccc(NC(=O)Cn2c(=O)cc(-c3nc(-c4ccccn4)no3)c3ccccc32)cc1. The van der Waals surface area contributed by atoms with Crippen LogP contribution in [0.1, 0.15) is 10.4 Å². The number of aromatic nitrogens is 4. The largest absolute Gasteiger partial charge is 0.465 e. The van der Waals surface area contributed by atoms with E-state index in [1.807, 2.05) is 18.2 Å². The van der Waals surface area contributed by atoms with Gasteiger partial charge in [-0.1, -0.05) is 29.4 Å². The summed E-state index contributed by atoms with van der Waals surface area (Å²) < 4.78 is 11.5. The van der Waals surface area contributed by atoms with E-state index in [2.05, 4.69) is 25.2 Å². The zero-order chi connectivity index (χ0) is 25.1. The Labute approximate surface area is 204 Å². The minimum absolute atomic E-state index is 0.172. The van der Waals surface area contributed by atoms with E-state index < -0.39 is 17.4 Å². The average molecular weight is 481 g/mol. The van der Waals surface area contributed by atoms with Gasteiger partial charge in [-0.25, -0.2) is 4.79 Å². The molecule has 0 saturated carbocycles. The van der Waals surface area contributed by atoms with Crippen molar-refractivity contribution in [3.8, 4) is 23.0 Å². The molecule has 5 aromatic rings. The van der Waals surface area contributed by atoms with E-state index in [0.717, 1.165) is 0 Å². The van der Waals surface area contributed by atoms with Gasteiger partial charge in [0.15, 0.2) is 0 Å². The number of methoxy groups -OCH3 is 1. The molecular weight excluding hydrogens is 462 g/mol. The van der Waals surface area contributed by atoms with E-state index in [0.29, 0.717) is 39.2 Å². The Balaban J connectivity index is 1.44. The number of ether oxygens (including phenoxy) is 1. The molecule has 0 unspecified atom stereocenters. The molecule has 0 radical (unpaired) electrons. The molecule has 0 aliphatic heterocycles. The normalized spacial score (nSPS) is 10.8. The number of benzene rings is 2. The Morgan fingerprint density at radius 1 is 1.03 bits per heavy atom. The molecule has 178 valence electrons. The van der Waals surface area contributed by atoms with Crippen LogP contribution in [-0.2, 0) is 16.1 Å². The lowest BCUT2D eigenvalue weighted by molar-refractivity contribution is -0.116. The van der Waals surface area contributed by atoms with Crippen molar-refractivity contribution < 1.29 is 18.8 Å². The average Bonchev–Trinajstić information content (AvgIpc) is 3.41. The van der Waals surface area contributed by atoms with E-state index in [-0.39, 0.29) is 12.4 Å². The Morgan fingerprint density at radius 3 is 2.56 bits per heavy atom. The third kappa shape index (κ3) is 4.47. The summed E-state index contributed by atoms with van der Waals surface area (Å²) >= 11 is 0. The van der Waals surface area contributed by atoms with Gasteiger partial charge in [0.1, 0.15) is 12.2 Å². The van der Waals surface area contributed by atoms with E-state index in [4.69, 9.17) is 4.52 Å². The number of fused-ring (bicyclic) bond motifs is 1. The maximum atomic E-state index is 13.1. The van der Waals surface area contributed by atoms with Gasteiger partial charge in [-0.3, -0.25) is 19.1 Å². The van der Waals surface area contributed by atoms with Crippen molar-refractivity contribution in [2.45, 2.75) is 6.54 Å². The third-order valence-corrected chi connectivity index (χ3v) is 5.46. The Kier molecular flexibility index (Phi) is 6.06. The smallest absolute Gasteiger partial charge is 0.337 e. The van der Waals surface area contributed by atoms with Gasteiger partial charge >= 0.3 is 5.97 Å². The molecule has 1 N–H and O–H groups in total. The first-order valence-corrected chi connectivity index (χ1v) is 10.9. The number of hydrogen-bond acceptors (Lipinski definition) is 8. The number of carbonyl (C=O) groups excluding carboxylic acids is 2. The van der Waals surface area contributed by atoms with Crippen LogP contribution in [0.15, 0.2) is 88.3 Å². The molecular formula is C26H19N5O5. The van der Waals surface area contributed by atoms with Gasteiger partial charge in [0.25, 0.3) is 11.4 Å². The van der Waals surface area contributed by atoms with Crippen molar-refractivity contribution in [2.75, 3.05) is 12.4 Å². The standard InChI is InChI=1S/C26H19N5O5/c1-35-26(34)16-9-11-17(12-10-16)28-22(32)15-31-21-8-3-2-6-18(21)19(14-23(31)33)25-29-24(30-36-25)20-7-4-5-13-27-20/h2-14H,15H2,1H3,(H,28,32). The fourth-order valence-corrected chi connectivity index (χ4v) is 3.76. The minimum atomic E-state index is -0.473. The number of para-hydroxylation sites is 1. The number of carbonyl (C=O) groups is 2. The van der Waals surface area contributed by atoms with Crippen LogP contribution in [0.25, 0.3) is 33.9 Å². The highest BCUT2D eigenvalue weighted by Gasteiger charge is 2.18. The molecule has 36 heavy (non-hydrogen) atoms. The van der Waals surface area contributed by atoms with Gasteiger partial charge in [-0.2, -0.15) is 4.98 Å². The van der Waals surface area contributed by atoms with Crippen molar-refractivity contribution in [1.29, 1.82) is 0 Å². The van der Waals surface area contributed by atoms with Gasteiger partial charge < -0.3 is 14.6 Å². The van der Waals surface area contributed by atoms with Gasteiger partial charge in [0.2, 0.25) is 11.7 Å². The van der Waals surface area contributed by atoms with Crippen LogP contribution in [0.4, 0.5) is 5.69 Å². The molecule has 3 aromatic heterocycles. The zero-order valence-electron chi connectivity index (χ0n) is 19.0. The number of rotatable bonds is 6. The van der Waals surface area contributed by atoms with Crippen LogP contribution in [0.2, 0.25) is 0 Å². The molecule has 10 heteroatoms. The fourth-order valence-electron chi connectivity index (χ4n) is 3.76. The topological polar surface area (TPSA) is 129 Å². The van der Waals surface area contributed by atoms with Crippen molar-refractivity contribution in [2.24, 2.45) is 0 Å². The number of pyridine rings is 2. The molecule has 0 spiro atoms. The molecule has 5 rings (SSSR count). The molecule has 0 aliphatic rings. The van der Waals surface area contributed by atoms with Gasteiger partial charge in [-0.05, 0) is 42.5 Å². The molecule has 0 atom stereocenters. The third-order valence-electron chi connectivity index (χ3n) is 5.46. The lowest BCUT2D eigenvalue weighted by Gasteiger charge is -2.12. The Morgan fingerprint density at radius 2 is 1.81 bits per heavy atom. The van der Waals surface area contributed by atoms with Crippen LogP contribution in [0.5, 0.6) is 0 Å². The number of hydrogen-bond donors (Lipinski definition) is 1. The second-order valence-electron chi connectivity index (χ2n) is 7.75. The molecule has 10 nitrogen and oxygen atoms in total. The minimum Gasteiger partial charge on any atom is -0.465 e.